The van der Waals surface area contributed by atoms with Gasteiger partial charge in [-0.05, 0) is 37.3 Å². The zero-order chi connectivity index (χ0) is 14.4. The van der Waals surface area contributed by atoms with Crippen LogP contribution in [0, 0.1) is 12.8 Å². The molecule has 2 atom stereocenters. The van der Waals surface area contributed by atoms with E-state index in [4.69, 9.17) is 16.0 Å². The molecular weight excluding hydrogens is 272 g/mol. The molecule has 2 heterocycles. The molecule has 2 unspecified atom stereocenters. The van der Waals surface area contributed by atoms with Gasteiger partial charge in [-0.3, -0.25) is 0 Å². The van der Waals surface area contributed by atoms with Crippen LogP contribution in [0.3, 0.4) is 0 Å². The van der Waals surface area contributed by atoms with Gasteiger partial charge in [-0.15, -0.1) is 0 Å². The summed E-state index contributed by atoms with van der Waals surface area (Å²) in [5.74, 6) is 3.93. The summed E-state index contributed by atoms with van der Waals surface area (Å²) in [7, 11) is 0. The fourth-order valence-electron chi connectivity index (χ4n) is 2.70. The summed E-state index contributed by atoms with van der Waals surface area (Å²) < 4.78 is 5.89. The molecule has 0 N–H and O–H groups in total. The van der Waals surface area contributed by atoms with Gasteiger partial charge in [0.1, 0.15) is 10.9 Å². The maximum Gasteiger partial charge on any atom is 0.197 e. The molecule has 0 bridgehead atoms. The van der Waals surface area contributed by atoms with E-state index < -0.39 is 0 Å². The van der Waals surface area contributed by atoms with Gasteiger partial charge in [0.15, 0.2) is 11.6 Å². The van der Waals surface area contributed by atoms with Gasteiger partial charge in [0.2, 0.25) is 0 Å². The zero-order valence-electron chi connectivity index (χ0n) is 12.3. The lowest BCUT2D eigenvalue weighted by atomic mass is 10.0. The quantitative estimate of drug-likeness (QED) is 0.751. The molecule has 3 nitrogen and oxygen atoms in total. The molecular formula is C16H19ClN2O. The van der Waals surface area contributed by atoms with Crippen LogP contribution in [0.5, 0.6) is 0 Å². The molecule has 1 aliphatic carbocycles. The molecule has 0 aromatic carbocycles. The number of nitrogens with zero attached hydrogens (tertiary/aromatic N) is 2. The molecule has 4 heteroatoms. The van der Waals surface area contributed by atoms with Crippen LogP contribution >= 0.6 is 11.6 Å². The summed E-state index contributed by atoms with van der Waals surface area (Å²) in [6.45, 7) is 8.40. The smallest absolute Gasteiger partial charge is 0.197 e. The fourth-order valence-corrected chi connectivity index (χ4v) is 3.14. The van der Waals surface area contributed by atoms with Crippen molar-refractivity contribution in [1.82, 2.24) is 9.97 Å². The van der Waals surface area contributed by atoms with E-state index in [-0.39, 0.29) is 0 Å². The summed E-state index contributed by atoms with van der Waals surface area (Å²) >= 11 is 6.29. The van der Waals surface area contributed by atoms with E-state index in [2.05, 4.69) is 30.7 Å². The Morgan fingerprint density at radius 3 is 2.55 bits per heavy atom. The average Bonchev–Trinajstić information content (AvgIpc) is 2.90. The van der Waals surface area contributed by atoms with Crippen molar-refractivity contribution < 1.29 is 4.42 Å². The predicted molar refractivity (Wildman–Crippen MR) is 80.1 cm³/mol. The molecule has 106 valence electrons. The molecule has 0 radical (unpaired) electrons. The topological polar surface area (TPSA) is 38.9 Å². The van der Waals surface area contributed by atoms with Gasteiger partial charge in [0.25, 0.3) is 0 Å². The highest BCUT2D eigenvalue weighted by atomic mass is 35.5. The highest BCUT2D eigenvalue weighted by Gasteiger charge is 2.36. The van der Waals surface area contributed by atoms with Crippen molar-refractivity contribution >= 4 is 11.6 Å². The molecule has 0 aliphatic heterocycles. The van der Waals surface area contributed by atoms with Crippen molar-refractivity contribution in [2.45, 2.75) is 46.0 Å². The number of halogens is 1. The third-order valence-electron chi connectivity index (χ3n) is 3.99. The second-order valence-corrected chi connectivity index (χ2v) is 6.37. The van der Waals surface area contributed by atoms with Crippen molar-refractivity contribution in [2.75, 3.05) is 0 Å². The van der Waals surface area contributed by atoms with Crippen molar-refractivity contribution in [3.05, 3.63) is 34.3 Å². The first-order valence-corrected chi connectivity index (χ1v) is 7.49. The van der Waals surface area contributed by atoms with Crippen LogP contribution in [0.2, 0.25) is 5.15 Å². The van der Waals surface area contributed by atoms with Gasteiger partial charge in [0, 0.05) is 17.2 Å². The van der Waals surface area contributed by atoms with Gasteiger partial charge in [-0.2, -0.15) is 0 Å². The minimum atomic E-state index is 0.316. The highest BCUT2D eigenvalue weighted by Crippen LogP contribution is 2.47. The molecule has 1 fully saturated rings. The van der Waals surface area contributed by atoms with Crippen LogP contribution in [0.1, 0.15) is 56.0 Å². The average molecular weight is 291 g/mol. The molecule has 1 saturated carbocycles. The number of hydrogen-bond donors (Lipinski definition) is 0. The highest BCUT2D eigenvalue weighted by molar-refractivity contribution is 6.30. The van der Waals surface area contributed by atoms with Gasteiger partial charge < -0.3 is 4.42 Å². The first-order chi connectivity index (χ1) is 9.47. The monoisotopic (exact) mass is 290 g/mol. The Labute approximate surface area is 124 Å². The van der Waals surface area contributed by atoms with Crippen molar-refractivity contribution in [3.63, 3.8) is 0 Å². The molecule has 1 aliphatic rings. The minimum Gasteiger partial charge on any atom is -0.457 e. The number of aromatic nitrogens is 2. The van der Waals surface area contributed by atoms with Crippen LogP contribution in [0.4, 0.5) is 0 Å². The summed E-state index contributed by atoms with van der Waals surface area (Å²) in [6.07, 6.45) is 1.21. The number of rotatable bonds is 3. The maximum atomic E-state index is 6.29. The number of aryl methyl sites for hydroxylation is 1. The van der Waals surface area contributed by atoms with Crippen LogP contribution in [0.15, 0.2) is 16.5 Å². The summed E-state index contributed by atoms with van der Waals surface area (Å²) in [5, 5.41) is 0.528. The lowest BCUT2D eigenvalue weighted by Gasteiger charge is -2.11. The van der Waals surface area contributed by atoms with Crippen LogP contribution in [-0.4, -0.2) is 9.97 Å². The Kier molecular flexibility index (Phi) is 3.33. The Hall–Kier alpha value is -1.35. The van der Waals surface area contributed by atoms with Crippen LogP contribution in [-0.2, 0) is 0 Å². The summed E-state index contributed by atoms with van der Waals surface area (Å²) in [4.78, 5) is 8.95. The van der Waals surface area contributed by atoms with E-state index in [1.165, 1.54) is 6.42 Å². The molecule has 0 saturated heterocycles. The van der Waals surface area contributed by atoms with Gasteiger partial charge >= 0.3 is 0 Å². The maximum absolute atomic E-state index is 6.29. The van der Waals surface area contributed by atoms with E-state index in [9.17, 15) is 0 Å². The number of hydrogen-bond acceptors (Lipinski definition) is 3. The third-order valence-corrected chi connectivity index (χ3v) is 4.28. The Morgan fingerprint density at radius 2 is 2.00 bits per heavy atom. The van der Waals surface area contributed by atoms with Crippen molar-refractivity contribution in [2.24, 2.45) is 5.92 Å². The van der Waals surface area contributed by atoms with Gasteiger partial charge in [0.05, 0.1) is 0 Å². The minimum absolute atomic E-state index is 0.316. The molecule has 2 aromatic rings. The molecule has 20 heavy (non-hydrogen) atoms. The molecule has 0 amide bonds. The zero-order valence-corrected chi connectivity index (χ0v) is 13.0. The Morgan fingerprint density at radius 1 is 1.30 bits per heavy atom. The second kappa shape index (κ2) is 4.88. The molecule has 0 spiro atoms. The number of furan rings is 1. The van der Waals surface area contributed by atoms with E-state index in [0.29, 0.717) is 28.6 Å². The lowest BCUT2D eigenvalue weighted by molar-refractivity contribution is 0.514. The van der Waals surface area contributed by atoms with E-state index in [1.54, 1.807) is 0 Å². The largest absolute Gasteiger partial charge is 0.457 e. The summed E-state index contributed by atoms with van der Waals surface area (Å²) in [6, 6.07) is 3.98. The van der Waals surface area contributed by atoms with Gasteiger partial charge in [-0.1, -0.05) is 32.4 Å². The van der Waals surface area contributed by atoms with E-state index in [1.807, 2.05) is 19.1 Å². The molecule has 3 rings (SSSR count). The van der Waals surface area contributed by atoms with Gasteiger partial charge in [-0.25, -0.2) is 9.97 Å². The first kappa shape index (κ1) is 13.6. The van der Waals surface area contributed by atoms with Crippen LogP contribution < -0.4 is 0 Å². The standard InChI is InChI=1S/C16H19ClN2O/c1-8(2)14-10(4)18-16(19-15(14)17)13-6-5-12(20-13)11-7-9(11)3/h5-6,8-9,11H,7H2,1-4H3. The lowest BCUT2D eigenvalue weighted by Crippen LogP contribution is -2.01. The SMILES string of the molecule is Cc1nc(-c2ccc(C3CC3C)o2)nc(Cl)c1C(C)C. The molecule has 2 aromatic heterocycles. The second-order valence-electron chi connectivity index (χ2n) is 6.01. The predicted octanol–water partition coefficient (Wildman–Crippen LogP) is 4.95. The summed E-state index contributed by atoms with van der Waals surface area (Å²) in [5.41, 5.74) is 1.94. The van der Waals surface area contributed by atoms with Crippen molar-refractivity contribution in [1.29, 1.82) is 0 Å². The Balaban J connectivity index is 1.96. The van der Waals surface area contributed by atoms with Crippen LogP contribution in [0.25, 0.3) is 11.6 Å². The van der Waals surface area contributed by atoms with E-state index >= 15 is 0 Å². The third kappa shape index (κ3) is 2.35. The normalized spacial score (nSPS) is 21.5. The Bertz CT molecular complexity index is 625. The fraction of sp³-hybridized carbons (Fsp3) is 0.500. The first-order valence-electron chi connectivity index (χ1n) is 7.11. The van der Waals surface area contributed by atoms with Crippen molar-refractivity contribution in [3.8, 4) is 11.6 Å². The van der Waals surface area contributed by atoms with E-state index in [0.717, 1.165) is 22.9 Å².